The second kappa shape index (κ2) is 14.2. The Labute approximate surface area is 250 Å². The molecule has 0 amide bonds. The molecule has 222 valence electrons. The average Bonchev–Trinajstić information content (AvgIpc) is 2.96. The van der Waals surface area contributed by atoms with Crippen molar-refractivity contribution in [3.05, 3.63) is 47.1 Å². The molecule has 0 atom stereocenters. The molecule has 1 saturated heterocycles. The van der Waals surface area contributed by atoms with Crippen LogP contribution in [0, 0.1) is 5.92 Å². The molecule has 0 aliphatic carbocycles. The van der Waals surface area contributed by atoms with Crippen molar-refractivity contribution >= 4 is 54.8 Å². The zero-order valence-corrected chi connectivity index (χ0v) is 26.1. The molecule has 0 radical (unpaired) electrons. The first-order chi connectivity index (χ1) is 19.7. The molecule has 1 aromatic heterocycles. The van der Waals surface area contributed by atoms with Crippen molar-refractivity contribution in [1.29, 1.82) is 0 Å². The number of hydrogen-bond donors (Lipinski definition) is 3. The third kappa shape index (κ3) is 8.00. The Morgan fingerprint density at radius 2 is 1.73 bits per heavy atom. The zero-order valence-electron chi connectivity index (χ0n) is 23.7. The summed E-state index contributed by atoms with van der Waals surface area (Å²) in [6, 6.07) is 10.5. The van der Waals surface area contributed by atoms with Crippen LogP contribution in [0.3, 0.4) is 0 Å². The lowest BCUT2D eigenvalue weighted by Gasteiger charge is -2.31. The first-order valence-electron chi connectivity index (χ1n) is 13.6. The van der Waals surface area contributed by atoms with Gasteiger partial charge in [0.2, 0.25) is 16.0 Å². The third-order valence-corrected chi connectivity index (χ3v) is 8.18. The Hall–Kier alpha value is -3.13. The predicted octanol–water partition coefficient (Wildman–Crippen LogP) is 5.29. The number of rotatable bonds is 13. The van der Waals surface area contributed by atoms with E-state index in [1.807, 2.05) is 39.8 Å². The van der Waals surface area contributed by atoms with Gasteiger partial charge >= 0.3 is 0 Å². The number of aromatic nitrogens is 2. The summed E-state index contributed by atoms with van der Waals surface area (Å²) in [6.45, 7) is 11.9. The van der Waals surface area contributed by atoms with Gasteiger partial charge in [-0.15, -0.1) is 0 Å². The summed E-state index contributed by atoms with van der Waals surface area (Å²) in [7, 11) is -3.74. The fourth-order valence-corrected chi connectivity index (χ4v) is 5.83. The van der Waals surface area contributed by atoms with Gasteiger partial charge in [0.05, 0.1) is 48.0 Å². The second-order valence-electron chi connectivity index (χ2n) is 9.66. The molecule has 13 heteroatoms. The number of benzene rings is 2. The molecule has 3 N–H and O–H groups in total. The second-order valence-corrected chi connectivity index (χ2v) is 12.3. The lowest BCUT2D eigenvalue weighted by molar-refractivity contribution is 0.122. The molecule has 1 fully saturated rings. The van der Waals surface area contributed by atoms with Crippen molar-refractivity contribution in [3.8, 4) is 11.5 Å². The van der Waals surface area contributed by atoms with Gasteiger partial charge in [-0.25, -0.2) is 18.1 Å². The van der Waals surface area contributed by atoms with Crippen LogP contribution in [0.4, 0.5) is 28.8 Å². The maximum Gasteiger partial charge on any atom is 0.242 e. The standard InChI is InChI=1S/C28H37BrN6O5S/c1-5-39-24-16-23(35-11-13-38-14-12-35)25(40-6-2)15-22(24)33-28-30-18-20(29)27(34-28)32-21-9-7-8-10-26(21)41(36,37)31-17-19(3)4/h7-10,15-16,18-19,31H,5-6,11-14,17H2,1-4H3,(H2,30,32,33,34). The smallest absolute Gasteiger partial charge is 0.242 e. The number of morpholine rings is 1. The first-order valence-corrected chi connectivity index (χ1v) is 15.9. The summed E-state index contributed by atoms with van der Waals surface area (Å²) in [6.07, 6.45) is 1.59. The van der Waals surface area contributed by atoms with Crippen LogP contribution in [0.1, 0.15) is 27.7 Å². The third-order valence-electron chi connectivity index (χ3n) is 6.11. The fraction of sp³-hybridized carbons (Fsp3) is 0.429. The number of hydrogen-bond acceptors (Lipinski definition) is 10. The SMILES string of the molecule is CCOc1cc(N2CCOCC2)c(OCC)cc1Nc1ncc(Br)c(Nc2ccccc2S(=O)(=O)NCC(C)C)n1. The molecule has 1 aliphatic heterocycles. The highest BCUT2D eigenvalue weighted by atomic mass is 79.9. The van der Waals surface area contributed by atoms with Gasteiger partial charge < -0.3 is 29.7 Å². The van der Waals surface area contributed by atoms with Crippen LogP contribution in [-0.2, 0) is 14.8 Å². The summed E-state index contributed by atoms with van der Waals surface area (Å²) in [5.74, 6) is 2.19. The van der Waals surface area contributed by atoms with Gasteiger partial charge in [-0.2, -0.15) is 4.98 Å². The molecule has 41 heavy (non-hydrogen) atoms. The van der Waals surface area contributed by atoms with Gasteiger partial charge in [0.1, 0.15) is 22.2 Å². The molecule has 4 rings (SSSR count). The van der Waals surface area contributed by atoms with E-state index in [1.54, 1.807) is 30.5 Å². The van der Waals surface area contributed by atoms with Crippen molar-refractivity contribution in [3.63, 3.8) is 0 Å². The van der Waals surface area contributed by atoms with E-state index in [0.29, 0.717) is 66.1 Å². The minimum Gasteiger partial charge on any atom is -0.492 e. The average molecular weight is 650 g/mol. The first kappa shape index (κ1) is 30.8. The van der Waals surface area contributed by atoms with Gasteiger partial charge in [0, 0.05) is 38.0 Å². The van der Waals surface area contributed by atoms with Crippen LogP contribution in [0.5, 0.6) is 11.5 Å². The molecule has 0 unspecified atom stereocenters. The molecule has 3 aromatic rings. The van der Waals surface area contributed by atoms with E-state index in [2.05, 4.69) is 46.2 Å². The number of ether oxygens (including phenoxy) is 3. The summed E-state index contributed by atoms with van der Waals surface area (Å²) in [4.78, 5) is 11.4. The Morgan fingerprint density at radius 1 is 1.02 bits per heavy atom. The van der Waals surface area contributed by atoms with E-state index < -0.39 is 10.0 Å². The van der Waals surface area contributed by atoms with Crippen LogP contribution in [0.25, 0.3) is 0 Å². The Morgan fingerprint density at radius 3 is 2.44 bits per heavy atom. The summed E-state index contributed by atoms with van der Waals surface area (Å²) < 4.78 is 46.8. The molecule has 0 saturated carbocycles. The van der Waals surface area contributed by atoms with Gasteiger partial charge in [0.25, 0.3) is 0 Å². The van der Waals surface area contributed by atoms with Crippen molar-refractivity contribution < 1.29 is 22.6 Å². The van der Waals surface area contributed by atoms with Crippen LogP contribution < -0.4 is 29.7 Å². The summed E-state index contributed by atoms with van der Waals surface area (Å²) in [5.41, 5.74) is 1.96. The predicted molar refractivity (Wildman–Crippen MR) is 165 cm³/mol. The molecule has 2 aromatic carbocycles. The van der Waals surface area contributed by atoms with E-state index in [-0.39, 0.29) is 16.8 Å². The van der Waals surface area contributed by atoms with E-state index in [4.69, 9.17) is 14.2 Å². The summed E-state index contributed by atoms with van der Waals surface area (Å²) >= 11 is 3.48. The van der Waals surface area contributed by atoms with Gasteiger partial charge in [0.15, 0.2) is 0 Å². The highest BCUT2D eigenvalue weighted by Gasteiger charge is 2.22. The van der Waals surface area contributed by atoms with Crippen molar-refractivity contribution in [2.75, 3.05) is 61.6 Å². The van der Waals surface area contributed by atoms with E-state index in [1.165, 1.54) is 0 Å². The topological polar surface area (TPSA) is 127 Å². The molecule has 0 bridgehead atoms. The fourth-order valence-electron chi connectivity index (χ4n) is 4.17. The molecule has 11 nitrogen and oxygen atoms in total. The van der Waals surface area contributed by atoms with Crippen molar-refractivity contribution in [2.24, 2.45) is 5.92 Å². The van der Waals surface area contributed by atoms with Crippen molar-refractivity contribution in [1.82, 2.24) is 14.7 Å². The number of para-hydroxylation sites is 1. The highest BCUT2D eigenvalue weighted by molar-refractivity contribution is 9.10. The Bertz CT molecular complexity index is 1430. The van der Waals surface area contributed by atoms with E-state index in [0.717, 1.165) is 18.8 Å². The van der Waals surface area contributed by atoms with Crippen LogP contribution in [-0.4, -0.2) is 64.4 Å². The number of nitrogens with zero attached hydrogens (tertiary/aromatic N) is 3. The Balaban J connectivity index is 1.65. The number of halogens is 1. The van der Waals surface area contributed by atoms with Crippen LogP contribution in [0.15, 0.2) is 52.0 Å². The van der Waals surface area contributed by atoms with Gasteiger partial charge in [-0.3, -0.25) is 0 Å². The minimum atomic E-state index is -3.74. The van der Waals surface area contributed by atoms with Crippen LogP contribution in [0.2, 0.25) is 0 Å². The number of sulfonamides is 1. The maximum atomic E-state index is 13.0. The maximum absolute atomic E-state index is 13.0. The highest BCUT2D eigenvalue weighted by Crippen LogP contribution is 2.40. The van der Waals surface area contributed by atoms with Gasteiger partial charge in [-0.1, -0.05) is 26.0 Å². The van der Waals surface area contributed by atoms with Gasteiger partial charge in [-0.05, 0) is 47.8 Å². The molecule has 2 heterocycles. The summed E-state index contributed by atoms with van der Waals surface area (Å²) in [5, 5.41) is 6.41. The number of nitrogens with one attached hydrogen (secondary N) is 3. The van der Waals surface area contributed by atoms with Crippen LogP contribution >= 0.6 is 15.9 Å². The Kier molecular flexibility index (Phi) is 10.6. The monoisotopic (exact) mass is 648 g/mol. The quantitative estimate of drug-likeness (QED) is 0.225. The largest absolute Gasteiger partial charge is 0.492 e. The van der Waals surface area contributed by atoms with Crippen molar-refractivity contribution in [2.45, 2.75) is 32.6 Å². The zero-order chi connectivity index (χ0) is 29.4. The molecule has 0 spiro atoms. The van der Waals surface area contributed by atoms with E-state index in [9.17, 15) is 8.42 Å². The molecular weight excluding hydrogens is 612 g/mol. The van der Waals surface area contributed by atoms with E-state index >= 15 is 0 Å². The normalized spacial score (nSPS) is 13.8. The minimum absolute atomic E-state index is 0.124. The number of anilines is 5. The molecular formula is C28H37BrN6O5S. The molecule has 1 aliphatic rings. The lowest BCUT2D eigenvalue weighted by Crippen LogP contribution is -2.36. The lowest BCUT2D eigenvalue weighted by atomic mass is 10.2.